The molecule has 1 aromatic rings. The van der Waals surface area contributed by atoms with Crippen molar-refractivity contribution in [2.45, 2.75) is 13.3 Å². The first-order valence-electron chi connectivity index (χ1n) is 4.70. The molecular formula is C10H14N2O3. The molecule has 0 aliphatic rings. The number of hydrogen-bond donors (Lipinski definition) is 0. The van der Waals surface area contributed by atoms with E-state index in [9.17, 15) is 4.79 Å². The van der Waals surface area contributed by atoms with Crippen molar-refractivity contribution in [3.05, 3.63) is 18.1 Å². The highest BCUT2D eigenvalue weighted by Gasteiger charge is 2.05. The Morgan fingerprint density at radius 1 is 1.47 bits per heavy atom. The molecule has 0 amide bonds. The molecule has 0 bridgehead atoms. The monoisotopic (exact) mass is 210 g/mol. The first-order valence-corrected chi connectivity index (χ1v) is 4.70. The van der Waals surface area contributed by atoms with E-state index in [1.807, 2.05) is 6.92 Å². The summed E-state index contributed by atoms with van der Waals surface area (Å²) in [5.41, 5.74) is 0.600. The number of methoxy groups -OCH3 is 1. The molecule has 5 nitrogen and oxygen atoms in total. The molecule has 1 rings (SSSR count). The van der Waals surface area contributed by atoms with E-state index in [0.717, 1.165) is 0 Å². The Balaban J connectivity index is 2.60. The maximum atomic E-state index is 11.2. The van der Waals surface area contributed by atoms with E-state index in [1.165, 1.54) is 13.3 Å². The van der Waals surface area contributed by atoms with Gasteiger partial charge in [0.1, 0.15) is 6.61 Å². The van der Waals surface area contributed by atoms with Crippen molar-refractivity contribution >= 4 is 5.78 Å². The van der Waals surface area contributed by atoms with Crippen LogP contribution in [0.2, 0.25) is 0 Å². The summed E-state index contributed by atoms with van der Waals surface area (Å²) in [6, 6.07) is 0. The van der Waals surface area contributed by atoms with E-state index in [2.05, 4.69) is 9.97 Å². The fourth-order valence-corrected chi connectivity index (χ4v) is 1.10. The van der Waals surface area contributed by atoms with Gasteiger partial charge in [-0.3, -0.25) is 9.78 Å². The van der Waals surface area contributed by atoms with Crippen molar-refractivity contribution < 1.29 is 14.3 Å². The standard InChI is InChI=1S/C10H14N2O3/c1-3-15-10-6-11-5-8(12-10)4-9(13)7-14-2/h5-6H,3-4,7H2,1-2H3. The average Bonchev–Trinajstić information content (AvgIpc) is 2.19. The van der Waals surface area contributed by atoms with Gasteiger partial charge in [0.2, 0.25) is 5.88 Å². The third-order valence-corrected chi connectivity index (χ3v) is 1.64. The minimum Gasteiger partial charge on any atom is -0.477 e. The van der Waals surface area contributed by atoms with E-state index in [4.69, 9.17) is 9.47 Å². The minimum absolute atomic E-state index is 0.0274. The molecule has 0 fully saturated rings. The molecule has 82 valence electrons. The van der Waals surface area contributed by atoms with Gasteiger partial charge in [-0.2, -0.15) is 0 Å². The second-order valence-electron chi connectivity index (χ2n) is 2.93. The van der Waals surface area contributed by atoms with E-state index >= 15 is 0 Å². The molecular weight excluding hydrogens is 196 g/mol. The van der Waals surface area contributed by atoms with E-state index < -0.39 is 0 Å². The van der Waals surface area contributed by atoms with E-state index in [1.54, 1.807) is 6.20 Å². The number of carbonyl (C=O) groups is 1. The fraction of sp³-hybridized carbons (Fsp3) is 0.500. The Hall–Kier alpha value is -1.49. The number of nitrogens with zero attached hydrogens (tertiary/aromatic N) is 2. The SMILES string of the molecule is CCOc1cncc(CC(=O)COC)n1. The molecule has 0 aliphatic heterocycles. The van der Waals surface area contributed by atoms with Crippen molar-refractivity contribution in [1.29, 1.82) is 0 Å². The summed E-state index contributed by atoms with van der Waals surface area (Å²) in [6.07, 6.45) is 3.30. The van der Waals surface area contributed by atoms with Gasteiger partial charge in [0.15, 0.2) is 5.78 Å². The Bertz CT molecular complexity index is 328. The van der Waals surface area contributed by atoms with Crippen molar-refractivity contribution in [3.63, 3.8) is 0 Å². The number of aromatic nitrogens is 2. The summed E-state index contributed by atoms with van der Waals surface area (Å²) in [4.78, 5) is 19.3. The van der Waals surface area contributed by atoms with Crippen LogP contribution in [0.5, 0.6) is 5.88 Å². The van der Waals surface area contributed by atoms with Gasteiger partial charge < -0.3 is 9.47 Å². The second-order valence-corrected chi connectivity index (χ2v) is 2.93. The van der Waals surface area contributed by atoms with Crippen molar-refractivity contribution in [2.75, 3.05) is 20.3 Å². The summed E-state index contributed by atoms with van der Waals surface area (Å²) < 4.78 is 9.90. The molecule has 0 aromatic carbocycles. The van der Waals surface area contributed by atoms with Crippen LogP contribution in [0, 0.1) is 0 Å². The van der Waals surface area contributed by atoms with Crippen molar-refractivity contribution in [2.24, 2.45) is 0 Å². The molecule has 5 heteroatoms. The molecule has 0 N–H and O–H groups in total. The summed E-state index contributed by atoms with van der Waals surface area (Å²) in [7, 11) is 1.49. The molecule has 0 saturated heterocycles. The summed E-state index contributed by atoms with van der Waals surface area (Å²) >= 11 is 0. The Morgan fingerprint density at radius 3 is 2.93 bits per heavy atom. The Labute approximate surface area is 88.4 Å². The lowest BCUT2D eigenvalue weighted by molar-refractivity contribution is -0.122. The van der Waals surface area contributed by atoms with Gasteiger partial charge in [0.05, 0.1) is 24.9 Å². The highest BCUT2D eigenvalue weighted by atomic mass is 16.5. The van der Waals surface area contributed by atoms with Crippen LogP contribution < -0.4 is 4.74 Å². The van der Waals surface area contributed by atoms with Crippen LogP contribution in [0.15, 0.2) is 12.4 Å². The molecule has 0 aliphatic carbocycles. The number of ether oxygens (including phenoxy) is 2. The van der Waals surface area contributed by atoms with Crippen LogP contribution in [-0.2, 0) is 16.0 Å². The number of Topliss-reactive ketones (excluding diaryl/α,β-unsaturated/α-hetero) is 1. The number of carbonyl (C=O) groups excluding carboxylic acids is 1. The Morgan fingerprint density at radius 2 is 2.27 bits per heavy atom. The predicted molar refractivity (Wildman–Crippen MR) is 53.8 cm³/mol. The zero-order valence-electron chi connectivity index (χ0n) is 8.90. The van der Waals surface area contributed by atoms with Crippen LogP contribution in [0.3, 0.4) is 0 Å². The van der Waals surface area contributed by atoms with Crippen LogP contribution in [0.4, 0.5) is 0 Å². The largest absolute Gasteiger partial charge is 0.477 e. The first kappa shape index (κ1) is 11.6. The normalized spacial score (nSPS) is 10.0. The summed E-state index contributed by atoms with van der Waals surface area (Å²) in [5.74, 6) is 0.417. The van der Waals surface area contributed by atoms with E-state index in [-0.39, 0.29) is 18.8 Å². The van der Waals surface area contributed by atoms with Crippen LogP contribution in [-0.4, -0.2) is 36.1 Å². The fourth-order valence-electron chi connectivity index (χ4n) is 1.10. The smallest absolute Gasteiger partial charge is 0.232 e. The van der Waals surface area contributed by atoms with Crippen LogP contribution >= 0.6 is 0 Å². The lowest BCUT2D eigenvalue weighted by Crippen LogP contribution is -2.11. The lowest BCUT2D eigenvalue weighted by Gasteiger charge is -2.03. The molecule has 0 atom stereocenters. The van der Waals surface area contributed by atoms with Crippen LogP contribution in [0.1, 0.15) is 12.6 Å². The van der Waals surface area contributed by atoms with Gasteiger partial charge in [0.25, 0.3) is 0 Å². The minimum atomic E-state index is -0.0274. The lowest BCUT2D eigenvalue weighted by atomic mass is 10.2. The zero-order chi connectivity index (χ0) is 11.1. The highest BCUT2D eigenvalue weighted by molar-refractivity contribution is 5.81. The molecule has 15 heavy (non-hydrogen) atoms. The van der Waals surface area contributed by atoms with Crippen molar-refractivity contribution in [3.8, 4) is 5.88 Å². The van der Waals surface area contributed by atoms with Gasteiger partial charge in [0, 0.05) is 13.3 Å². The number of rotatable bonds is 6. The van der Waals surface area contributed by atoms with Gasteiger partial charge in [-0.1, -0.05) is 0 Å². The maximum absolute atomic E-state index is 11.2. The van der Waals surface area contributed by atoms with Gasteiger partial charge >= 0.3 is 0 Å². The molecule has 1 aromatic heterocycles. The maximum Gasteiger partial charge on any atom is 0.232 e. The summed E-state index contributed by atoms with van der Waals surface area (Å²) in [6.45, 7) is 2.50. The number of hydrogen-bond acceptors (Lipinski definition) is 5. The molecule has 0 unspecified atom stereocenters. The third kappa shape index (κ3) is 4.03. The van der Waals surface area contributed by atoms with Gasteiger partial charge in [-0.15, -0.1) is 0 Å². The molecule has 0 radical (unpaired) electrons. The quantitative estimate of drug-likeness (QED) is 0.689. The topological polar surface area (TPSA) is 61.3 Å². The predicted octanol–water partition coefficient (Wildman–Crippen LogP) is 0.633. The van der Waals surface area contributed by atoms with Gasteiger partial charge in [-0.05, 0) is 6.92 Å². The van der Waals surface area contributed by atoms with Crippen LogP contribution in [0.25, 0.3) is 0 Å². The zero-order valence-corrected chi connectivity index (χ0v) is 8.90. The number of ketones is 1. The molecule has 1 heterocycles. The highest BCUT2D eigenvalue weighted by Crippen LogP contribution is 2.05. The Kier molecular flexibility index (Phi) is 4.70. The van der Waals surface area contributed by atoms with E-state index in [0.29, 0.717) is 18.2 Å². The van der Waals surface area contributed by atoms with Gasteiger partial charge in [-0.25, -0.2) is 4.98 Å². The molecule has 0 saturated carbocycles. The average molecular weight is 210 g/mol. The summed E-state index contributed by atoms with van der Waals surface area (Å²) in [5, 5.41) is 0. The second kappa shape index (κ2) is 6.08. The third-order valence-electron chi connectivity index (χ3n) is 1.64. The first-order chi connectivity index (χ1) is 7.26. The molecule has 0 spiro atoms. The van der Waals surface area contributed by atoms with Crippen molar-refractivity contribution in [1.82, 2.24) is 9.97 Å².